The van der Waals surface area contributed by atoms with E-state index in [1.807, 2.05) is 31.8 Å². The fraction of sp³-hybridized carbons (Fsp3) is 0.667. The Labute approximate surface area is 167 Å². The Morgan fingerprint density at radius 3 is 2.00 bits per heavy atom. The summed E-state index contributed by atoms with van der Waals surface area (Å²) < 4.78 is 12.3. The third-order valence-electron chi connectivity index (χ3n) is 4.73. The molecule has 0 spiro atoms. The van der Waals surface area contributed by atoms with Crippen LogP contribution in [0.25, 0.3) is 0 Å². The van der Waals surface area contributed by atoms with Gasteiger partial charge >= 0.3 is 5.97 Å². The summed E-state index contributed by atoms with van der Waals surface area (Å²) in [5.74, 6) is -0.213. The van der Waals surface area contributed by atoms with E-state index in [1.165, 1.54) is 18.4 Å². The highest BCUT2D eigenvalue weighted by Crippen LogP contribution is 2.32. The summed E-state index contributed by atoms with van der Waals surface area (Å²) in [7, 11) is -3.60. The molecule has 1 fully saturated rings. The molecule has 1 aliphatic heterocycles. The van der Waals surface area contributed by atoms with Crippen molar-refractivity contribution in [1.29, 1.82) is 0 Å². The molecule has 4 nitrogen and oxygen atoms in total. The van der Waals surface area contributed by atoms with Crippen LogP contribution in [-0.4, -0.2) is 46.6 Å². The van der Waals surface area contributed by atoms with E-state index in [4.69, 9.17) is 8.85 Å². The monoisotopic (exact) mass is 407 g/mol. The molecule has 1 aromatic carbocycles. The van der Waals surface area contributed by atoms with Crippen molar-refractivity contribution in [3.8, 4) is 0 Å². The van der Waals surface area contributed by atoms with Crippen LogP contribution in [0, 0.1) is 0 Å². The summed E-state index contributed by atoms with van der Waals surface area (Å²) in [6.07, 6.45) is 3.67. The highest BCUT2D eigenvalue weighted by molar-refractivity contribution is 6.71. The minimum absolute atomic E-state index is 0.0572. The van der Waals surface area contributed by atoms with E-state index in [0.29, 0.717) is 11.6 Å². The van der Waals surface area contributed by atoms with Crippen LogP contribution in [0.15, 0.2) is 24.3 Å². The van der Waals surface area contributed by atoms with Gasteiger partial charge in [-0.25, -0.2) is 4.79 Å². The molecule has 1 saturated heterocycles. The molecule has 0 saturated carbocycles. The van der Waals surface area contributed by atoms with Gasteiger partial charge < -0.3 is 8.85 Å². The molecular formula is C21H37NO3Si2. The highest BCUT2D eigenvalue weighted by atomic mass is 28.4. The van der Waals surface area contributed by atoms with Crippen LogP contribution in [0.5, 0.6) is 0 Å². The summed E-state index contributed by atoms with van der Waals surface area (Å²) in [6, 6.07) is 8.30. The number of carbonyl (C=O) groups is 1. The maximum Gasteiger partial charge on any atom is 0.324 e. The van der Waals surface area contributed by atoms with Crippen molar-refractivity contribution in [2.24, 2.45) is 0 Å². The van der Waals surface area contributed by atoms with Crippen molar-refractivity contribution in [2.45, 2.75) is 77.6 Å². The second-order valence-electron chi connectivity index (χ2n) is 9.49. The quantitative estimate of drug-likeness (QED) is 0.537. The Bertz CT molecular complexity index is 614. The van der Waals surface area contributed by atoms with Crippen LogP contribution < -0.4 is 0 Å². The molecular weight excluding hydrogens is 370 g/mol. The molecule has 1 aliphatic rings. The Morgan fingerprint density at radius 2 is 1.56 bits per heavy atom. The van der Waals surface area contributed by atoms with Gasteiger partial charge in [0.1, 0.15) is 0 Å². The maximum absolute atomic E-state index is 12.3. The van der Waals surface area contributed by atoms with Crippen LogP contribution in [0.3, 0.4) is 0 Å². The molecule has 0 radical (unpaired) electrons. The Kier molecular flexibility index (Phi) is 7.47. The van der Waals surface area contributed by atoms with Crippen molar-refractivity contribution in [1.82, 2.24) is 4.90 Å². The van der Waals surface area contributed by atoms with E-state index >= 15 is 0 Å². The van der Waals surface area contributed by atoms with Crippen LogP contribution in [0.2, 0.25) is 39.3 Å². The summed E-state index contributed by atoms with van der Waals surface area (Å²) in [4.78, 5) is 14.9. The van der Waals surface area contributed by atoms with Gasteiger partial charge in [-0.2, -0.15) is 0 Å². The second kappa shape index (κ2) is 9.03. The number of likely N-dealkylation sites (tertiary alicyclic amines) is 1. The molecule has 1 heterocycles. The van der Waals surface area contributed by atoms with Crippen LogP contribution in [0.4, 0.5) is 0 Å². The first kappa shape index (κ1) is 22.3. The third kappa shape index (κ3) is 6.86. The lowest BCUT2D eigenvalue weighted by molar-refractivity contribution is 0.0711. The lowest BCUT2D eigenvalue weighted by Crippen LogP contribution is -2.42. The summed E-state index contributed by atoms with van der Waals surface area (Å²) in [6.45, 7) is 17.4. The summed E-state index contributed by atoms with van der Waals surface area (Å²) in [5, 5.41) is 0. The first-order valence-corrected chi connectivity index (χ1v) is 17.1. The Morgan fingerprint density at radius 1 is 1.00 bits per heavy atom. The van der Waals surface area contributed by atoms with Crippen LogP contribution in [-0.2, 0) is 8.85 Å². The maximum atomic E-state index is 12.3. The van der Waals surface area contributed by atoms with Crippen LogP contribution >= 0.6 is 0 Å². The minimum Gasteiger partial charge on any atom is -0.516 e. The number of benzene rings is 1. The smallest absolute Gasteiger partial charge is 0.324 e. The number of rotatable bonds is 8. The third-order valence-corrected chi connectivity index (χ3v) is 6.49. The highest BCUT2D eigenvalue weighted by Gasteiger charge is 2.33. The summed E-state index contributed by atoms with van der Waals surface area (Å²) in [5.41, 5.74) is 1.79. The van der Waals surface area contributed by atoms with Crippen molar-refractivity contribution in [3.05, 3.63) is 35.4 Å². The number of hydrogen-bond donors (Lipinski definition) is 0. The van der Waals surface area contributed by atoms with Gasteiger partial charge in [0, 0.05) is 6.04 Å². The molecule has 1 aromatic rings. The van der Waals surface area contributed by atoms with Crippen LogP contribution in [0.1, 0.15) is 48.2 Å². The van der Waals surface area contributed by atoms with Crippen molar-refractivity contribution in [3.63, 3.8) is 0 Å². The molecule has 27 heavy (non-hydrogen) atoms. The first-order chi connectivity index (χ1) is 12.5. The van der Waals surface area contributed by atoms with Gasteiger partial charge in [-0.15, -0.1) is 0 Å². The number of carbonyl (C=O) groups excluding carboxylic acids is 1. The molecule has 2 rings (SSSR count). The average molecular weight is 408 g/mol. The van der Waals surface area contributed by atoms with E-state index in [-0.39, 0.29) is 12.1 Å². The van der Waals surface area contributed by atoms with Crippen molar-refractivity contribution < 1.29 is 13.6 Å². The van der Waals surface area contributed by atoms with Gasteiger partial charge in [0.25, 0.3) is 0 Å². The zero-order valence-electron chi connectivity index (χ0n) is 18.2. The second-order valence-corrected chi connectivity index (χ2v) is 18.4. The zero-order valence-corrected chi connectivity index (χ0v) is 20.2. The normalized spacial score (nSPS) is 18.3. The van der Waals surface area contributed by atoms with Gasteiger partial charge in [-0.1, -0.05) is 19.1 Å². The van der Waals surface area contributed by atoms with E-state index < -0.39 is 16.6 Å². The zero-order chi connectivity index (χ0) is 20.2. The Hall–Kier alpha value is -0.956. The molecule has 2 atom stereocenters. The predicted octanol–water partition coefficient (Wildman–Crippen LogP) is 5.45. The average Bonchev–Trinajstić information content (AvgIpc) is 3.06. The van der Waals surface area contributed by atoms with Gasteiger partial charge in [0.05, 0.1) is 11.7 Å². The van der Waals surface area contributed by atoms with E-state index in [9.17, 15) is 4.79 Å². The molecule has 0 bridgehead atoms. The standard InChI is InChI=1S/C21H37NO3Si2/c1-8-19(22-15-9-10-16-22)20(24-26(2,3)4)17-11-13-18(14-12-17)21(23)25-27(5,6)7/h11-14,19-20H,8-10,15-16H2,1-7H3. The predicted molar refractivity (Wildman–Crippen MR) is 117 cm³/mol. The Balaban J connectivity index is 2.25. The molecule has 0 N–H and O–H groups in total. The van der Waals surface area contributed by atoms with Gasteiger partial charge in [0.2, 0.25) is 8.32 Å². The first-order valence-electron chi connectivity index (χ1n) is 10.3. The topological polar surface area (TPSA) is 38.8 Å². The fourth-order valence-electron chi connectivity index (χ4n) is 3.63. The van der Waals surface area contributed by atoms with E-state index in [1.54, 1.807) is 0 Å². The molecule has 2 unspecified atom stereocenters. The van der Waals surface area contributed by atoms with E-state index in [2.05, 4.69) is 43.6 Å². The molecule has 0 aliphatic carbocycles. The van der Waals surface area contributed by atoms with Crippen molar-refractivity contribution in [2.75, 3.05) is 13.1 Å². The summed E-state index contributed by atoms with van der Waals surface area (Å²) >= 11 is 0. The van der Waals surface area contributed by atoms with Gasteiger partial charge in [-0.3, -0.25) is 4.90 Å². The molecule has 152 valence electrons. The molecule has 6 heteroatoms. The number of hydrogen-bond acceptors (Lipinski definition) is 4. The molecule has 0 amide bonds. The lowest BCUT2D eigenvalue weighted by atomic mass is 9.98. The molecule has 0 aromatic heterocycles. The SMILES string of the molecule is CCC(C(O[Si](C)(C)C)c1ccc(C(=O)O[Si](C)(C)C)cc1)N1CCCC1. The van der Waals surface area contributed by atoms with Gasteiger partial charge in [0.15, 0.2) is 8.32 Å². The van der Waals surface area contributed by atoms with Gasteiger partial charge in [-0.05, 0) is 89.3 Å². The van der Waals surface area contributed by atoms with E-state index in [0.717, 1.165) is 19.5 Å². The minimum atomic E-state index is -1.89. The lowest BCUT2D eigenvalue weighted by Gasteiger charge is -2.37. The number of nitrogens with zero attached hydrogens (tertiary/aromatic N) is 1. The largest absolute Gasteiger partial charge is 0.516 e. The fourth-order valence-corrected chi connectivity index (χ4v) is 5.36. The van der Waals surface area contributed by atoms with Crippen molar-refractivity contribution >= 4 is 22.6 Å².